The van der Waals surface area contributed by atoms with Crippen molar-refractivity contribution in [2.45, 2.75) is 32.4 Å². The Labute approximate surface area is 140 Å². The van der Waals surface area contributed by atoms with Crippen molar-refractivity contribution >= 4 is 23.3 Å². The van der Waals surface area contributed by atoms with Crippen LogP contribution in [0.3, 0.4) is 0 Å². The highest BCUT2D eigenvalue weighted by Crippen LogP contribution is 2.18. The summed E-state index contributed by atoms with van der Waals surface area (Å²) >= 11 is 1.67. The second-order valence-electron chi connectivity index (χ2n) is 5.71. The number of thiophene rings is 1. The molecule has 1 atom stereocenters. The molecule has 1 fully saturated rings. The fraction of sp³-hybridized carbons (Fsp3) is 0.389. The summed E-state index contributed by atoms with van der Waals surface area (Å²) in [7, 11) is 0. The molecule has 0 aromatic carbocycles. The van der Waals surface area contributed by atoms with Crippen LogP contribution in [-0.4, -0.2) is 30.1 Å². The van der Waals surface area contributed by atoms with Crippen LogP contribution < -0.4 is 0 Å². The van der Waals surface area contributed by atoms with Gasteiger partial charge in [-0.2, -0.15) is 0 Å². The smallest absolute Gasteiger partial charge is 0.247 e. The van der Waals surface area contributed by atoms with Gasteiger partial charge in [-0.3, -0.25) is 4.79 Å². The maximum atomic E-state index is 12.6. The highest BCUT2D eigenvalue weighted by atomic mass is 32.1. The largest absolute Gasteiger partial charge is 0.462 e. The Morgan fingerprint density at radius 2 is 2.35 bits per heavy atom. The van der Waals surface area contributed by atoms with E-state index in [0.29, 0.717) is 18.8 Å². The third kappa shape index (κ3) is 4.56. The molecule has 3 rings (SSSR count). The van der Waals surface area contributed by atoms with Gasteiger partial charge < -0.3 is 14.1 Å². The van der Waals surface area contributed by atoms with Gasteiger partial charge in [0.2, 0.25) is 5.91 Å². The molecule has 3 heterocycles. The predicted molar refractivity (Wildman–Crippen MR) is 91.2 cm³/mol. The molecule has 4 nitrogen and oxygen atoms in total. The lowest BCUT2D eigenvalue weighted by Crippen LogP contribution is -2.35. The van der Waals surface area contributed by atoms with Gasteiger partial charge in [0.1, 0.15) is 11.5 Å². The zero-order chi connectivity index (χ0) is 16.1. The van der Waals surface area contributed by atoms with E-state index in [-0.39, 0.29) is 12.0 Å². The van der Waals surface area contributed by atoms with Crippen molar-refractivity contribution in [3.05, 3.63) is 52.1 Å². The molecule has 0 bridgehead atoms. The van der Waals surface area contributed by atoms with Gasteiger partial charge in [0.15, 0.2) is 0 Å². The van der Waals surface area contributed by atoms with E-state index in [2.05, 4.69) is 6.07 Å². The second-order valence-corrected chi connectivity index (χ2v) is 6.75. The molecule has 1 aliphatic heterocycles. The maximum Gasteiger partial charge on any atom is 0.247 e. The SMILES string of the molecule is Cc1ccc(/C=C\C(=O)N(Cc2cccs2)CC2CCCO2)o1. The van der Waals surface area contributed by atoms with Crippen molar-refractivity contribution < 1.29 is 13.9 Å². The molecule has 23 heavy (non-hydrogen) atoms. The fourth-order valence-corrected chi connectivity index (χ4v) is 3.38. The minimum absolute atomic E-state index is 0.0112. The van der Waals surface area contributed by atoms with Gasteiger partial charge in [-0.15, -0.1) is 11.3 Å². The number of hydrogen-bond donors (Lipinski definition) is 0. The first kappa shape index (κ1) is 16.0. The Hall–Kier alpha value is -1.85. The topological polar surface area (TPSA) is 42.7 Å². The van der Waals surface area contributed by atoms with Crippen molar-refractivity contribution in [2.24, 2.45) is 0 Å². The van der Waals surface area contributed by atoms with Gasteiger partial charge in [0, 0.05) is 24.1 Å². The first-order valence-corrected chi connectivity index (χ1v) is 8.76. The summed E-state index contributed by atoms with van der Waals surface area (Å²) in [6.07, 6.45) is 5.56. The Morgan fingerprint density at radius 3 is 3.00 bits per heavy atom. The lowest BCUT2D eigenvalue weighted by Gasteiger charge is -2.23. The first-order valence-electron chi connectivity index (χ1n) is 7.88. The van der Waals surface area contributed by atoms with Crippen LogP contribution in [-0.2, 0) is 16.1 Å². The van der Waals surface area contributed by atoms with Crippen molar-refractivity contribution in [1.29, 1.82) is 0 Å². The molecule has 5 heteroatoms. The summed E-state index contributed by atoms with van der Waals surface area (Å²) in [6, 6.07) is 7.82. The molecule has 2 aromatic rings. The highest BCUT2D eigenvalue weighted by molar-refractivity contribution is 7.09. The van der Waals surface area contributed by atoms with E-state index >= 15 is 0 Å². The molecule has 1 amide bonds. The van der Waals surface area contributed by atoms with Crippen LogP contribution in [0.15, 0.2) is 40.1 Å². The number of nitrogens with zero attached hydrogens (tertiary/aromatic N) is 1. The van der Waals surface area contributed by atoms with Crippen LogP contribution in [0.5, 0.6) is 0 Å². The Balaban J connectivity index is 1.67. The Bertz CT molecular complexity index is 654. The average molecular weight is 331 g/mol. The Morgan fingerprint density at radius 1 is 1.43 bits per heavy atom. The third-order valence-electron chi connectivity index (χ3n) is 3.84. The van der Waals surface area contributed by atoms with E-state index in [4.69, 9.17) is 9.15 Å². The van der Waals surface area contributed by atoms with Crippen molar-refractivity contribution in [3.63, 3.8) is 0 Å². The number of aryl methyl sites for hydroxylation is 1. The molecule has 0 aliphatic carbocycles. The van der Waals surface area contributed by atoms with E-state index in [1.165, 1.54) is 4.88 Å². The van der Waals surface area contributed by atoms with Gasteiger partial charge in [-0.25, -0.2) is 0 Å². The molecular weight excluding hydrogens is 310 g/mol. The number of carbonyl (C=O) groups is 1. The summed E-state index contributed by atoms with van der Waals surface area (Å²) in [5.74, 6) is 1.53. The second kappa shape index (κ2) is 7.62. The van der Waals surface area contributed by atoms with Crippen molar-refractivity contribution in [3.8, 4) is 0 Å². The van der Waals surface area contributed by atoms with Crippen LogP contribution >= 0.6 is 11.3 Å². The van der Waals surface area contributed by atoms with Crippen LogP contribution in [0.2, 0.25) is 0 Å². The molecule has 0 radical (unpaired) electrons. The molecule has 2 aromatic heterocycles. The number of rotatable bonds is 6. The average Bonchev–Trinajstić information content (AvgIpc) is 3.27. The van der Waals surface area contributed by atoms with E-state index in [1.807, 2.05) is 35.4 Å². The normalized spacial score (nSPS) is 17.9. The lowest BCUT2D eigenvalue weighted by atomic mass is 10.2. The summed E-state index contributed by atoms with van der Waals surface area (Å²) < 4.78 is 11.2. The highest BCUT2D eigenvalue weighted by Gasteiger charge is 2.22. The minimum atomic E-state index is -0.0112. The summed E-state index contributed by atoms with van der Waals surface area (Å²) in [5.41, 5.74) is 0. The molecule has 0 spiro atoms. The van der Waals surface area contributed by atoms with Crippen LogP contribution in [0.25, 0.3) is 6.08 Å². The third-order valence-corrected chi connectivity index (χ3v) is 4.70. The molecule has 1 unspecified atom stereocenters. The van der Waals surface area contributed by atoms with E-state index in [9.17, 15) is 4.79 Å². The van der Waals surface area contributed by atoms with Gasteiger partial charge in [-0.05, 0) is 49.4 Å². The molecular formula is C18H21NO3S. The number of amides is 1. The maximum absolute atomic E-state index is 12.6. The van der Waals surface area contributed by atoms with Crippen molar-refractivity contribution in [1.82, 2.24) is 4.90 Å². The van der Waals surface area contributed by atoms with Gasteiger partial charge in [-0.1, -0.05) is 6.07 Å². The molecule has 1 aliphatic rings. The van der Waals surface area contributed by atoms with E-state index in [0.717, 1.165) is 25.2 Å². The van der Waals surface area contributed by atoms with E-state index in [1.54, 1.807) is 23.5 Å². The molecule has 122 valence electrons. The number of furan rings is 1. The van der Waals surface area contributed by atoms with Gasteiger partial charge in [0.25, 0.3) is 0 Å². The summed E-state index contributed by atoms with van der Waals surface area (Å²) in [6.45, 7) is 3.95. The zero-order valence-electron chi connectivity index (χ0n) is 13.2. The monoisotopic (exact) mass is 331 g/mol. The quantitative estimate of drug-likeness (QED) is 0.755. The number of hydrogen-bond acceptors (Lipinski definition) is 4. The standard InChI is InChI=1S/C18H21NO3S/c1-14-6-7-15(22-14)8-9-18(20)19(12-16-4-2-10-21-16)13-17-5-3-11-23-17/h3,5-9,11,16H,2,4,10,12-13H2,1H3/b9-8-. The first-order chi connectivity index (χ1) is 11.2. The number of ether oxygens (including phenoxy) is 1. The lowest BCUT2D eigenvalue weighted by molar-refractivity contribution is -0.128. The molecule has 1 saturated heterocycles. The van der Waals surface area contributed by atoms with Crippen LogP contribution in [0, 0.1) is 6.92 Å². The van der Waals surface area contributed by atoms with Gasteiger partial charge in [0.05, 0.1) is 12.6 Å². The van der Waals surface area contributed by atoms with E-state index < -0.39 is 0 Å². The molecule has 0 N–H and O–H groups in total. The predicted octanol–water partition coefficient (Wildman–Crippen LogP) is 3.87. The summed E-state index contributed by atoms with van der Waals surface area (Å²) in [5, 5.41) is 2.03. The van der Waals surface area contributed by atoms with Crippen molar-refractivity contribution in [2.75, 3.05) is 13.2 Å². The van der Waals surface area contributed by atoms with Crippen LogP contribution in [0.1, 0.15) is 29.2 Å². The van der Waals surface area contributed by atoms with Crippen LogP contribution in [0.4, 0.5) is 0 Å². The zero-order valence-corrected chi connectivity index (χ0v) is 14.1. The van der Waals surface area contributed by atoms with Gasteiger partial charge >= 0.3 is 0 Å². The fourth-order valence-electron chi connectivity index (χ4n) is 2.66. The molecule has 0 saturated carbocycles. The Kier molecular flexibility index (Phi) is 5.31. The number of carbonyl (C=O) groups excluding carboxylic acids is 1. The minimum Gasteiger partial charge on any atom is -0.462 e. The summed E-state index contributed by atoms with van der Waals surface area (Å²) in [4.78, 5) is 15.6.